The average Bonchev–Trinajstić information content (AvgIpc) is 3.06. The average molecular weight is 334 g/mol. The second-order valence-electron chi connectivity index (χ2n) is 5.42. The molecule has 3 rings (SSSR count). The number of benzene rings is 2. The minimum atomic E-state index is -0.341. The van der Waals surface area contributed by atoms with Crippen molar-refractivity contribution in [3.05, 3.63) is 78.3 Å². The van der Waals surface area contributed by atoms with Gasteiger partial charge >= 0.3 is 0 Å². The summed E-state index contributed by atoms with van der Waals surface area (Å²) < 4.78 is 10.8. The molecule has 0 aliphatic carbocycles. The lowest BCUT2D eigenvalue weighted by molar-refractivity contribution is -0.123. The van der Waals surface area contributed by atoms with Crippen molar-refractivity contribution in [2.24, 2.45) is 5.10 Å². The molecule has 0 atom stereocenters. The van der Waals surface area contributed by atoms with Crippen molar-refractivity contribution in [3.8, 4) is 16.9 Å². The normalized spacial score (nSPS) is 10.8. The number of rotatable bonds is 6. The summed E-state index contributed by atoms with van der Waals surface area (Å²) in [7, 11) is 0. The Morgan fingerprint density at radius 1 is 1.04 bits per heavy atom. The monoisotopic (exact) mass is 334 g/mol. The zero-order valence-electron chi connectivity index (χ0n) is 13.8. The Morgan fingerprint density at radius 2 is 1.76 bits per heavy atom. The Kier molecular flexibility index (Phi) is 5.26. The highest BCUT2D eigenvalue weighted by Crippen LogP contribution is 2.21. The summed E-state index contributed by atoms with van der Waals surface area (Å²) in [4.78, 5) is 11.7. The van der Waals surface area contributed by atoms with Crippen molar-refractivity contribution >= 4 is 12.1 Å². The van der Waals surface area contributed by atoms with Gasteiger partial charge in [0.2, 0.25) is 0 Å². The van der Waals surface area contributed by atoms with Gasteiger partial charge in [0.05, 0.1) is 6.21 Å². The molecule has 0 aliphatic heterocycles. The molecule has 1 heterocycles. The van der Waals surface area contributed by atoms with E-state index in [1.165, 1.54) is 6.21 Å². The van der Waals surface area contributed by atoms with Crippen molar-refractivity contribution < 1.29 is 13.9 Å². The quantitative estimate of drug-likeness (QED) is 0.551. The van der Waals surface area contributed by atoms with Gasteiger partial charge in [-0.1, -0.05) is 42.5 Å². The molecule has 1 amide bonds. The number of nitrogens with one attached hydrogen (secondary N) is 1. The first-order chi connectivity index (χ1) is 12.2. The molecule has 0 unspecified atom stereocenters. The summed E-state index contributed by atoms with van der Waals surface area (Å²) in [6.45, 7) is 1.73. The second-order valence-corrected chi connectivity index (χ2v) is 5.42. The highest BCUT2D eigenvalue weighted by atomic mass is 16.5. The van der Waals surface area contributed by atoms with Gasteiger partial charge in [0.1, 0.15) is 17.3 Å². The maximum Gasteiger partial charge on any atom is 0.277 e. The zero-order chi connectivity index (χ0) is 17.5. The molecule has 3 aromatic rings. The molecule has 0 radical (unpaired) electrons. The van der Waals surface area contributed by atoms with Gasteiger partial charge in [-0.3, -0.25) is 4.79 Å². The minimum absolute atomic E-state index is 0.112. The largest absolute Gasteiger partial charge is 0.484 e. The van der Waals surface area contributed by atoms with Gasteiger partial charge in [-0.25, -0.2) is 5.43 Å². The van der Waals surface area contributed by atoms with Gasteiger partial charge in [-0.05, 0) is 42.3 Å². The van der Waals surface area contributed by atoms with E-state index in [2.05, 4.69) is 10.5 Å². The molecule has 126 valence electrons. The summed E-state index contributed by atoms with van der Waals surface area (Å²) >= 11 is 0. The van der Waals surface area contributed by atoms with Gasteiger partial charge in [0, 0.05) is 0 Å². The molecule has 2 aromatic carbocycles. The van der Waals surface area contributed by atoms with Crippen LogP contribution in [0.5, 0.6) is 5.75 Å². The van der Waals surface area contributed by atoms with Crippen molar-refractivity contribution in [2.75, 3.05) is 6.61 Å². The molecule has 25 heavy (non-hydrogen) atoms. The second kappa shape index (κ2) is 7.97. The van der Waals surface area contributed by atoms with Crippen LogP contribution in [0.1, 0.15) is 11.5 Å². The third-order valence-corrected chi connectivity index (χ3v) is 3.47. The van der Waals surface area contributed by atoms with Crippen LogP contribution >= 0.6 is 0 Å². The smallest absolute Gasteiger partial charge is 0.277 e. The van der Waals surface area contributed by atoms with E-state index in [0.717, 1.165) is 16.9 Å². The molecule has 0 spiro atoms. The van der Waals surface area contributed by atoms with Crippen molar-refractivity contribution in [2.45, 2.75) is 6.92 Å². The molecule has 5 heteroatoms. The van der Waals surface area contributed by atoms with Gasteiger partial charge in [0.15, 0.2) is 6.61 Å². The predicted octanol–water partition coefficient (Wildman–Crippen LogP) is 3.78. The van der Waals surface area contributed by atoms with E-state index in [0.29, 0.717) is 11.5 Å². The van der Waals surface area contributed by atoms with Gasteiger partial charge < -0.3 is 9.15 Å². The number of hydrazone groups is 1. The molecule has 0 saturated heterocycles. The highest BCUT2D eigenvalue weighted by molar-refractivity contribution is 5.81. The SMILES string of the molecule is Cc1ccc(C=NNC(=O)COc2ccc(-c3ccccc3)cc2)o1. The van der Waals surface area contributed by atoms with Crippen LogP contribution in [0, 0.1) is 6.92 Å². The first-order valence-corrected chi connectivity index (χ1v) is 7.87. The third kappa shape index (κ3) is 4.81. The fourth-order valence-corrected chi connectivity index (χ4v) is 2.25. The molecule has 1 aromatic heterocycles. The molecule has 5 nitrogen and oxygen atoms in total. The molecule has 0 fully saturated rings. The Hall–Kier alpha value is -3.34. The topological polar surface area (TPSA) is 63.8 Å². The highest BCUT2D eigenvalue weighted by Gasteiger charge is 2.03. The van der Waals surface area contributed by atoms with Crippen molar-refractivity contribution in [1.29, 1.82) is 0 Å². The predicted molar refractivity (Wildman–Crippen MR) is 96.6 cm³/mol. The number of carbonyl (C=O) groups excluding carboxylic acids is 1. The lowest BCUT2D eigenvalue weighted by Crippen LogP contribution is -2.24. The fraction of sp³-hybridized carbons (Fsp3) is 0.100. The Bertz CT molecular complexity index is 852. The lowest BCUT2D eigenvalue weighted by atomic mass is 10.1. The van der Waals surface area contributed by atoms with Gasteiger partial charge in [0.25, 0.3) is 5.91 Å². The Labute approximate surface area is 145 Å². The molecule has 0 aliphatic rings. The van der Waals surface area contributed by atoms with Gasteiger partial charge in [-0.15, -0.1) is 0 Å². The van der Waals surface area contributed by atoms with E-state index >= 15 is 0 Å². The summed E-state index contributed by atoms with van der Waals surface area (Å²) in [5.41, 5.74) is 4.62. The van der Waals surface area contributed by atoms with E-state index in [-0.39, 0.29) is 12.5 Å². The first kappa shape index (κ1) is 16.5. The van der Waals surface area contributed by atoms with Crippen LogP contribution in [-0.2, 0) is 4.79 Å². The Morgan fingerprint density at radius 3 is 2.44 bits per heavy atom. The number of hydrogen-bond acceptors (Lipinski definition) is 4. The molecular formula is C20H18N2O3. The molecule has 1 N–H and O–H groups in total. The summed E-state index contributed by atoms with van der Waals surface area (Å²) in [5, 5.41) is 3.82. The van der Waals surface area contributed by atoms with Crippen LogP contribution in [0.4, 0.5) is 0 Å². The summed E-state index contributed by atoms with van der Waals surface area (Å²) in [6, 6.07) is 21.2. The maximum atomic E-state index is 11.7. The van der Waals surface area contributed by atoms with Crippen LogP contribution in [0.25, 0.3) is 11.1 Å². The number of amides is 1. The summed E-state index contributed by atoms with van der Waals surface area (Å²) in [5.74, 6) is 1.65. The van der Waals surface area contributed by atoms with Crippen LogP contribution in [-0.4, -0.2) is 18.7 Å². The fourth-order valence-electron chi connectivity index (χ4n) is 2.25. The number of hydrogen-bond donors (Lipinski definition) is 1. The van der Waals surface area contributed by atoms with Gasteiger partial charge in [-0.2, -0.15) is 5.10 Å². The van der Waals surface area contributed by atoms with Crippen molar-refractivity contribution in [1.82, 2.24) is 5.43 Å². The number of aryl methyl sites for hydroxylation is 1. The Balaban J connectivity index is 1.48. The van der Waals surface area contributed by atoms with E-state index in [1.54, 1.807) is 6.07 Å². The van der Waals surface area contributed by atoms with E-state index in [4.69, 9.17) is 9.15 Å². The minimum Gasteiger partial charge on any atom is -0.484 e. The maximum absolute atomic E-state index is 11.7. The van der Waals surface area contributed by atoms with Crippen molar-refractivity contribution in [3.63, 3.8) is 0 Å². The third-order valence-electron chi connectivity index (χ3n) is 3.47. The molecule has 0 saturated carbocycles. The number of carbonyl (C=O) groups is 1. The lowest BCUT2D eigenvalue weighted by Gasteiger charge is -2.06. The van der Waals surface area contributed by atoms with E-state index in [1.807, 2.05) is 67.6 Å². The standard InChI is InChI=1S/C20H18N2O3/c1-15-7-10-19(25-15)13-21-22-20(23)14-24-18-11-8-17(9-12-18)16-5-3-2-4-6-16/h2-13H,14H2,1H3,(H,22,23). The zero-order valence-corrected chi connectivity index (χ0v) is 13.8. The number of ether oxygens (including phenoxy) is 1. The van der Waals surface area contributed by atoms with E-state index in [9.17, 15) is 4.79 Å². The summed E-state index contributed by atoms with van der Waals surface area (Å²) in [6.07, 6.45) is 1.44. The van der Waals surface area contributed by atoms with Crippen LogP contribution in [0.15, 0.2) is 76.2 Å². The number of furan rings is 1. The van der Waals surface area contributed by atoms with Crippen LogP contribution in [0.3, 0.4) is 0 Å². The van der Waals surface area contributed by atoms with Crippen LogP contribution < -0.4 is 10.2 Å². The number of nitrogens with zero attached hydrogens (tertiary/aromatic N) is 1. The van der Waals surface area contributed by atoms with Crippen LogP contribution in [0.2, 0.25) is 0 Å². The molecule has 0 bridgehead atoms. The molecular weight excluding hydrogens is 316 g/mol. The van der Waals surface area contributed by atoms with E-state index < -0.39 is 0 Å². The first-order valence-electron chi connectivity index (χ1n) is 7.87.